The van der Waals surface area contributed by atoms with Gasteiger partial charge in [-0.1, -0.05) is 6.07 Å². The zero-order valence-corrected chi connectivity index (χ0v) is 6.86. The van der Waals surface area contributed by atoms with Crippen LogP contribution in [0.5, 0.6) is 0 Å². The van der Waals surface area contributed by atoms with E-state index in [1.807, 2.05) is 12.1 Å². The van der Waals surface area contributed by atoms with Gasteiger partial charge in [-0.2, -0.15) is 0 Å². The molecule has 1 aliphatic rings. The predicted molar refractivity (Wildman–Crippen MR) is 46.8 cm³/mol. The van der Waals surface area contributed by atoms with Crippen LogP contribution in [-0.2, 0) is 4.74 Å². The van der Waals surface area contributed by atoms with Crippen LogP contribution in [-0.4, -0.2) is 18.2 Å². The molecule has 3 heteroatoms. The van der Waals surface area contributed by atoms with Crippen molar-refractivity contribution >= 4 is 5.82 Å². The first kappa shape index (κ1) is 7.55. The minimum absolute atomic E-state index is 0.452. The van der Waals surface area contributed by atoms with Crippen molar-refractivity contribution in [3.63, 3.8) is 0 Å². The van der Waals surface area contributed by atoms with Gasteiger partial charge in [0, 0.05) is 18.2 Å². The maximum absolute atomic E-state index is 5.57. The zero-order chi connectivity index (χ0) is 8.39. The summed E-state index contributed by atoms with van der Waals surface area (Å²) < 4.78 is 5.27. The van der Waals surface area contributed by atoms with Crippen molar-refractivity contribution in [3.8, 4) is 0 Å². The smallest absolute Gasteiger partial charge is 0.123 e. The fraction of sp³-hybridized carbons (Fsp3) is 0.444. The number of aromatic nitrogens is 1. The topological polar surface area (TPSA) is 48.1 Å². The number of rotatable bonds is 1. The van der Waals surface area contributed by atoms with Gasteiger partial charge in [0.25, 0.3) is 0 Å². The fourth-order valence-corrected chi connectivity index (χ4v) is 1.46. The molecule has 64 valence electrons. The van der Waals surface area contributed by atoms with E-state index in [1.165, 1.54) is 0 Å². The second kappa shape index (κ2) is 3.11. The van der Waals surface area contributed by atoms with Gasteiger partial charge in [-0.05, 0) is 18.6 Å². The monoisotopic (exact) mass is 164 g/mol. The highest BCUT2D eigenvalue weighted by atomic mass is 16.5. The fourth-order valence-electron chi connectivity index (χ4n) is 1.46. The number of anilines is 1. The molecule has 3 nitrogen and oxygen atoms in total. The van der Waals surface area contributed by atoms with E-state index in [-0.39, 0.29) is 0 Å². The lowest BCUT2D eigenvalue weighted by Gasteiger charge is -2.06. The molecule has 12 heavy (non-hydrogen) atoms. The van der Waals surface area contributed by atoms with E-state index in [9.17, 15) is 0 Å². The molecule has 0 aliphatic carbocycles. The Bertz CT molecular complexity index is 269. The molecule has 1 aliphatic heterocycles. The van der Waals surface area contributed by atoms with Gasteiger partial charge in [0.1, 0.15) is 5.82 Å². The van der Waals surface area contributed by atoms with Gasteiger partial charge >= 0.3 is 0 Å². The van der Waals surface area contributed by atoms with Crippen molar-refractivity contribution in [2.24, 2.45) is 0 Å². The molecule has 0 spiro atoms. The Labute approximate surface area is 71.6 Å². The molecule has 1 aromatic rings. The summed E-state index contributed by atoms with van der Waals surface area (Å²) in [5.41, 5.74) is 6.64. The van der Waals surface area contributed by atoms with Gasteiger partial charge in [-0.25, -0.2) is 4.98 Å². The summed E-state index contributed by atoms with van der Waals surface area (Å²) in [5, 5.41) is 0. The Morgan fingerprint density at radius 1 is 1.50 bits per heavy atom. The molecule has 0 amide bonds. The van der Waals surface area contributed by atoms with Gasteiger partial charge in [-0.15, -0.1) is 0 Å². The molecule has 0 radical (unpaired) electrons. The third-order valence-electron chi connectivity index (χ3n) is 2.14. The molecule has 0 saturated carbocycles. The minimum atomic E-state index is 0.452. The highest BCUT2D eigenvalue weighted by Crippen LogP contribution is 2.23. The van der Waals surface area contributed by atoms with Crippen molar-refractivity contribution in [3.05, 3.63) is 23.9 Å². The Balaban J connectivity index is 2.21. The van der Waals surface area contributed by atoms with Crippen LogP contribution < -0.4 is 5.73 Å². The van der Waals surface area contributed by atoms with Crippen LogP contribution in [0, 0.1) is 0 Å². The van der Waals surface area contributed by atoms with Gasteiger partial charge < -0.3 is 10.5 Å². The molecular formula is C9H12N2O. The van der Waals surface area contributed by atoms with Crippen LogP contribution in [0.15, 0.2) is 18.2 Å². The number of nitrogens with zero attached hydrogens (tertiary/aromatic N) is 1. The van der Waals surface area contributed by atoms with Crippen molar-refractivity contribution < 1.29 is 4.74 Å². The van der Waals surface area contributed by atoms with Crippen molar-refractivity contribution in [1.29, 1.82) is 0 Å². The standard InChI is InChI=1S/C9H12N2O/c10-9-3-1-2-8(11-9)7-4-5-12-6-7/h1-3,7H,4-6H2,(H2,10,11). The number of ether oxygens (including phenoxy) is 1. The number of hydrogen-bond acceptors (Lipinski definition) is 3. The molecule has 1 fully saturated rings. The van der Waals surface area contributed by atoms with E-state index in [0.29, 0.717) is 11.7 Å². The molecule has 1 atom stereocenters. The van der Waals surface area contributed by atoms with Crippen molar-refractivity contribution in [1.82, 2.24) is 4.98 Å². The Hall–Kier alpha value is -1.09. The quantitative estimate of drug-likeness (QED) is 0.677. The number of hydrogen-bond donors (Lipinski definition) is 1. The third-order valence-corrected chi connectivity index (χ3v) is 2.14. The van der Waals surface area contributed by atoms with Gasteiger partial charge in [-0.3, -0.25) is 0 Å². The van der Waals surface area contributed by atoms with Crippen LogP contribution in [0.25, 0.3) is 0 Å². The average molecular weight is 164 g/mol. The van der Waals surface area contributed by atoms with Crippen LogP contribution >= 0.6 is 0 Å². The minimum Gasteiger partial charge on any atom is -0.384 e. The highest BCUT2D eigenvalue weighted by molar-refractivity contribution is 5.30. The normalized spacial score (nSPS) is 22.8. The maximum atomic E-state index is 5.57. The third kappa shape index (κ3) is 1.41. The molecule has 1 saturated heterocycles. The molecule has 1 aromatic heterocycles. The van der Waals surface area contributed by atoms with Crippen molar-refractivity contribution in [2.45, 2.75) is 12.3 Å². The van der Waals surface area contributed by atoms with E-state index < -0.39 is 0 Å². The van der Waals surface area contributed by atoms with Gasteiger partial charge in [0.2, 0.25) is 0 Å². The second-order valence-corrected chi connectivity index (χ2v) is 3.05. The zero-order valence-electron chi connectivity index (χ0n) is 6.86. The summed E-state index contributed by atoms with van der Waals surface area (Å²) in [6, 6.07) is 5.75. The summed E-state index contributed by atoms with van der Waals surface area (Å²) >= 11 is 0. The Morgan fingerprint density at radius 2 is 2.42 bits per heavy atom. The largest absolute Gasteiger partial charge is 0.384 e. The second-order valence-electron chi connectivity index (χ2n) is 3.05. The summed E-state index contributed by atoms with van der Waals surface area (Å²) in [5.74, 6) is 1.05. The van der Waals surface area contributed by atoms with Gasteiger partial charge in [0.15, 0.2) is 0 Å². The molecule has 1 unspecified atom stereocenters. The molecule has 2 rings (SSSR count). The molecule has 2 N–H and O–H groups in total. The summed E-state index contributed by atoms with van der Waals surface area (Å²) in [7, 11) is 0. The molecular weight excluding hydrogens is 152 g/mol. The van der Waals surface area contributed by atoms with Crippen LogP contribution in [0.2, 0.25) is 0 Å². The van der Waals surface area contributed by atoms with E-state index in [1.54, 1.807) is 6.07 Å². The van der Waals surface area contributed by atoms with E-state index in [0.717, 1.165) is 25.3 Å². The Morgan fingerprint density at radius 3 is 3.08 bits per heavy atom. The van der Waals surface area contributed by atoms with E-state index in [4.69, 9.17) is 10.5 Å². The number of nitrogens with two attached hydrogens (primary N) is 1. The first-order valence-electron chi connectivity index (χ1n) is 4.16. The predicted octanol–water partition coefficient (Wildman–Crippen LogP) is 1.17. The number of nitrogen functional groups attached to an aromatic ring is 1. The number of pyridine rings is 1. The van der Waals surface area contributed by atoms with Crippen LogP contribution in [0.4, 0.5) is 5.82 Å². The average Bonchev–Trinajstić information content (AvgIpc) is 2.56. The van der Waals surface area contributed by atoms with Gasteiger partial charge in [0.05, 0.1) is 6.61 Å². The first-order valence-corrected chi connectivity index (χ1v) is 4.16. The summed E-state index contributed by atoms with van der Waals surface area (Å²) in [6.45, 7) is 1.64. The molecule has 0 bridgehead atoms. The highest BCUT2D eigenvalue weighted by Gasteiger charge is 2.18. The summed E-state index contributed by atoms with van der Waals surface area (Å²) in [4.78, 5) is 4.25. The lowest BCUT2D eigenvalue weighted by atomic mass is 10.0. The molecule has 2 heterocycles. The lowest BCUT2D eigenvalue weighted by Crippen LogP contribution is -2.02. The summed E-state index contributed by atoms with van der Waals surface area (Å²) in [6.07, 6.45) is 1.07. The lowest BCUT2D eigenvalue weighted by molar-refractivity contribution is 0.193. The van der Waals surface area contributed by atoms with Crippen LogP contribution in [0.1, 0.15) is 18.0 Å². The SMILES string of the molecule is Nc1cccc(C2CCOC2)n1. The maximum Gasteiger partial charge on any atom is 0.123 e. The Kier molecular flexibility index (Phi) is 1.96. The van der Waals surface area contributed by atoms with E-state index in [2.05, 4.69) is 4.98 Å². The molecule has 0 aromatic carbocycles. The first-order chi connectivity index (χ1) is 5.86. The van der Waals surface area contributed by atoms with Crippen molar-refractivity contribution in [2.75, 3.05) is 18.9 Å². The van der Waals surface area contributed by atoms with Crippen LogP contribution in [0.3, 0.4) is 0 Å². The van der Waals surface area contributed by atoms with E-state index >= 15 is 0 Å².